The number of rotatable bonds is 10. The van der Waals surface area contributed by atoms with Gasteiger partial charge in [0.2, 0.25) is 0 Å². The number of thioether (sulfide) groups is 1. The number of hydrogen-bond donors (Lipinski definition) is 1. The molecule has 0 atom stereocenters. The predicted octanol–water partition coefficient (Wildman–Crippen LogP) is 5.85. The third-order valence-electron chi connectivity index (χ3n) is 5.37. The fourth-order valence-corrected chi connectivity index (χ4v) is 5.29. The Morgan fingerprint density at radius 1 is 1.10 bits per heavy atom. The summed E-state index contributed by atoms with van der Waals surface area (Å²) in [6, 6.07) is 18.3. The molecule has 3 amide bonds. The van der Waals surface area contributed by atoms with Gasteiger partial charge in [-0.25, -0.2) is 0 Å². The van der Waals surface area contributed by atoms with E-state index >= 15 is 0 Å². The van der Waals surface area contributed by atoms with Crippen molar-refractivity contribution in [2.24, 2.45) is 0 Å². The number of imide groups is 1. The van der Waals surface area contributed by atoms with E-state index in [1.807, 2.05) is 25.1 Å². The molecular formula is C27H22IN3O7S. The van der Waals surface area contributed by atoms with Crippen molar-refractivity contribution in [3.63, 3.8) is 0 Å². The number of benzene rings is 3. The molecule has 3 aromatic rings. The van der Waals surface area contributed by atoms with Gasteiger partial charge in [0.05, 0.1) is 26.6 Å². The average Bonchev–Trinajstić information content (AvgIpc) is 3.16. The van der Waals surface area contributed by atoms with E-state index in [2.05, 4.69) is 27.9 Å². The number of nitrogens with one attached hydrogen (secondary N) is 1. The molecule has 1 fully saturated rings. The van der Waals surface area contributed by atoms with E-state index in [4.69, 9.17) is 9.47 Å². The van der Waals surface area contributed by atoms with Crippen LogP contribution in [0, 0.1) is 13.7 Å². The second-order valence-corrected chi connectivity index (χ2v) is 10.3. The van der Waals surface area contributed by atoms with Gasteiger partial charge in [-0.05, 0) is 82.7 Å². The summed E-state index contributed by atoms with van der Waals surface area (Å²) in [7, 11) is 0. The van der Waals surface area contributed by atoms with Gasteiger partial charge in [-0.3, -0.25) is 29.4 Å². The number of carbonyl (C=O) groups is 3. The van der Waals surface area contributed by atoms with Crippen LogP contribution in [0.5, 0.6) is 11.5 Å². The molecule has 1 aliphatic rings. The molecule has 0 bridgehead atoms. The van der Waals surface area contributed by atoms with E-state index in [-0.39, 0.29) is 29.7 Å². The van der Waals surface area contributed by atoms with Crippen LogP contribution in [-0.4, -0.2) is 40.1 Å². The van der Waals surface area contributed by atoms with Crippen LogP contribution in [0.15, 0.2) is 71.6 Å². The van der Waals surface area contributed by atoms with E-state index in [1.54, 1.807) is 36.4 Å². The van der Waals surface area contributed by atoms with Crippen molar-refractivity contribution in [3.8, 4) is 11.5 Å². The fraction of sp³-hybridized carbons (Fsp3) is 0.148. The molecule has 0 radical (unpaired) electrons. The molecule has 12 heteroatoms. The average molecular weight is 659 g/mol. The van der Waals surface area contributed by atoms with Crippen molar-refractivity contribution in [1.29, 1.82) is 0 Å². The number of non-ortho nitro benzene ring substituents is 1. The molecule has 0 spiro atoms. The minimum absolute atomic E-state index is 0.0801. The number of nitrogens with zero attached hydrogens (tertiary/aromatic N) is 2. The first-order valence-corrected chi connectivity index (χ1v) is 13.6. The van der Waals surface area contributed by atoms with Gasteiger partial charge in [0, 0.05) is 17.8 Å². The first kappa shape index (κ1) is 28.1. The minimum atomic E-state index is -0.530. The van der Waals surface area contributed by atoms with Gasteiger partial charge in [0.25, 0.3) is 22.7 Å². The maximum atomic E-state index is 13.0. The lowest BCUT2D eigenvalue weighted by Crippen LogP contribution is -2.27. The third-order valence-corrected chi connectivity index (χ3v) is 7.08. The largest absolute Gasteiger partial charge is 0.490 e. The number of ether oxygens (including phenoxy) is 2. The first-order chi connectivity index (χ1) is 18.7. The van der Waals surface area contributed by atoms with Gasteiger partial charge in [-0.15, -0.1) is 0 Å². The molecule has 3 aromatic carbocycles. The monoisotopic (exact) mass is 659 g/mol. The molecule has 1 heterocycles. The summed E-state index contributed by atoms with van der Waals surface area (Å²) in [6.07, 6.45) is 1.58. The molecule has 39 heavy (non-hydrogen) atoms. The predicted molar refractivity (Wildman–Crippen MR) is 156 cm³/mol. The lowest BCUT2D eigenvalue weighted by atomic mass is 10.1. The van der Waals surface area contributed by atoms with Crippen LogP contribution >= 0.6 is 34.4 Å². The summed E-state index contributed by atoms with van der Waals surface area (Å²) < 4.78 is 12.2. The van der Waals surface area contributed by atoms with Gasteiger partial charge >= 0.3 is 0 Å². The molecule has 1 N–H and O–H groups in total. The van der Waals surface area contributed by atoms with Crippen molar-refractivity contribution < 1.29 is 28.8 Å². The summed E-state index contributed by atoms with van der Waals surface area (Å²) in [5.41, 5.74) is 1.61. The molecule has 0 aliphatic carbocycles. The Labute approximate surface area is 241 Å². The SMILES string of the molecule is CCOc1cc(/C=C2\SC(=O)N(Cc3cccc([N+](=O)[O-])c3)C2=O)cc(I)c1OCC(=O)Nc1ccccc1. The fourth-order valence-electron chi connectivity index (χ4n) is 3.67. The van der Waals surface area contributed by atoms with E-state index < -0.39 is 16.1 Å². The highest BCUT2D eigenvalue weighted by atomic mass is 127. The Kier molecular flexibility index (Phi) is 9.19. The lowest BCUT2D eigenvalue weighted by Gasteiger charge is -2.15. The quantitative estimate of drug-likeness (QED) is 0.124. The zero-order chi connectivity index (χ0) is 27.9. The van der Waals surface area contributed by atoms with Crippen molar-refractivity contribution in [2.45, 2.75) is 13.5 Å². The van der Waals surface area contributed by atoms with Gasteiger partial charge in [0.1, 0.15) is 0 Å². The molecule has 0 unspecified atom stereocenters. The Balaban J connectivity index is 1.50. The van der Waals surface area contributed by atoms with Gasteiger partial charge in [-0.1, -0.05) is 30.3 Å². The zero-order valence-corrected chi connectivity index (χ0v) is 23.6. The summed E-state index contributed by atoms with van der Waals surface area (Å²) in [6.45, 7) is 1.83. The Hall–Kier alpha value is -3.91. The van der Waals surface area contributed by atoms with Crippen LogP contribution in [0.25, 0.3) is 6.08 Å². The van der Waals surface area contributed by atoms with E-state index in [0.29, 0.717) is 38.5 Å². The molecule has 4 rings (SSSR count). The highest BCUT2D eigenvalue weighted by molar-refractivity contribution is 14.1. The summed E-state index contributed by atoms with van der Waals surface area (Å²) in [5, 5.41) is 13.3. The number of carbonyl (C=O) groups excluding carboxylic acids is 3. The third kappa shape index (κ3) is 7.15. The number of para-hydroxylation sites is 1. The maximum absolute atomic E-state index is 13.0. The topological polar surface area (TPSA) is 128 Å². The molecule has 200 valence electrons. The van der Waals surface area contributed by atoms with Crippen LogP contribution in [0.2, 0.25) is 0 Å². The smallest absolute Gasteiger partial charge is 0.293 e. The number of halogens is 1. The summed E-state index contributed by atoms with van der Waals surface area (Å²) >= 11 is 2.84. The highest BCUT2D eigenvalue weighted by Crippen LogP contribution is 2.38. The summed E-state index contributed by atoms with van der Waals surface area (Å²) in [5.74, 6) is -0.0566. The van der Waals surface area contributed by atoms with Crippen molar-refractivity contribution in [3.05, 3.63) is 96.4 Å². The zero-order valence-electron chi connectivity index (χ0n) is 20.6. The van der Waals surface area contributed by atoms with Crippen molar-refractivity contribution >= 4 is 68.9 Å². The molecule has 1 aliphatic heterocycles. The van der Waals surface area contributed by atoms with Gasteiger partial charge < -0.3 is 14.8 Å². The van der Waals surface area contributed by atoms with Gasteiger partial charge in [-0.2, -0.15) is 0 Å². The highest BCUT2D eigenvalue weighted by Gasteiger charge is 2.35. The Morgan fingerprint density at radius 3 is 2.59 bits per heavy atom. The summed E-state index contributed by atoms with van der Waals surface area (Å²) in [4.78, 5) is 49.7. The van der Waals surface area contributed by atoms with Crippen LogP contribution in [0.1, 0.15) is 18.1 Å². The number of nitro benzene ring substituents is 1. The molecule has 10 nitrogen and oxygen atoms in total. The second kappa shape index (κ2) is 12.8. The van der Waals surface area contributed by atoms with Crippen LogP contribution in [0.4, 0.5) is 16.2 Å². The second-order valence-electron chi connectivity index (χ2n) is 8.16. The molecule has 0 aromatic heterocycles. The van der Waals surface area contributed by atoms with Crippen molar-refractivity contribution in [1.82, 2.24) is 4.90 Å². The van der Waals surface area contributed by atoms with Gasteiger partial charge in [0.15, 0.2) is 18.1 Å². The molecular weight excluding hydrogens is 637 g/mol. The Morgan fingerprint density at radius 2 is 1.87 bits per heavy atom. The van der Waals surface area contributed by atoms with Crippen LogP contribution in [0.3, 0.4) is 0 Å². The maximum Gasteiger partial charge on any atom is 0.293 e. The standard InChI is InChI=1S/C27H22IN3O7S/c1-2-37-22-13-18(12-21(28)25(22)38-16-24(32)29-19-8-4-3-5-9-19)14-23-26(33)30(27(34)39-23)15-17-7-6-10-20(11-17)31(35)36/h3-14H,2,15-16H2,1H3,(H,29,32)/b23-14-. The van der Waals surface area contributed by atoms with E-state index in [1.165, 1.54) is 18.2 Å². The lowest BCUT2D eigenvalue weighted by molar-refractivity contribution is -0.384. The number of hydrogen-bond acceptors (Lipinski definition) is 8. The molecule has 0 saturated carbocycles. The normalized spacial score (nSPS) is 14.0. The van der Waals surface area contributed by atoms with Crippen LogP contribution in [-0.2, 0) is 16.1 Å². The van der Waals surface area contributed by atoms with E-state index in [0.717, 1.165) is 16.7 Å². The Bertz CT molecular complexity index is 1460. The number of anilines is 1. The van der Waals surface area contributed by atoms with Crippen molar-refractivity contribution in [2.75, 3.05) is 18.5 Å². The van der Waals surface area contributed by atoms with E-state index in [9.17, 15) is 24.5 Å². The molecule has 1 saturated heterocycles. The minimum Gasteiger partial charge on any atom is -0.490 e. The van der Waals surface area contributed by atoms with Crippen LogP contribution < -0.4 is 14.8 Å². The number of amides is 3. The number of nitro groups is 1. The first-order valence-electron chi connectivity index (χ1n) is 11.7.